The second-order valence-corrected chi connectivity index (χ2v) is 4.51. The molecule has 0 spiro atoms. The zero-order valence-electron chi connectivity index (χ0n) is 11.2. The molecule has 0 aliphatic rings. The third-order valence-corrected chi connectivity index (χ3v) is 2.15. The van der Waals surface area contributed by atoms with E-state index in [4.69, 9.17) is 9.57 Å². The molecule has 0 fully saturated rings. The van der Waals surface area contributed by atoms with Gasteiger partial charge in [-0.05, 0) is 30.5 Å². The van der Waals surface area contributed by atoms with Crippen LogP contribution in [0.4, 0.5) is 0 Å². The first-order valence-electron chi connectivity index (χ1n) is 6.28. The van der Waals surface area contributed by atoms with Crippen molar-refractivity contribution in [1.82, 2.24) is 5.48 Å². The molecule has 100 valence electrons. The van der Waals surface area contributed by atoms with Crippen LogP contribution in [0.3, 0.4) is 0 Å². The molecule has 0 saturated carbocycles. The molecule has 18 heavy (non-hydrogen) atoms. The highest BCUT2D eigenvalue weighted by Crippen LogP contribution is 2.13. The van der Waals surface area contributed by atoms with Crippen molar-refractivity contribution in [2.45, 2.75) is 27.2 Å². The minimum atomic E-state index is -0.252. The maximum Gasteiger partial charge on any atom is 0.274 e. The van der Waals surface area contributed by atoms with Crippen LogP contribution >= 0.6 is 0 Å². The van der Waals surface area contributed by atoms with Crippen molar-refractivity contribution in [1.29, 1.82) is 0 Å². The number of carbonyl (C=O) groups is 1. The van der Waals surface area contributed by atoms with E-state index in [2.05, 4.69) is 5.48 Å². The molecule has 1 aromatic rings. The summed E-state index contributed by atoms with van der Waals surface area (Å²) in [5.41, 5.74) is 2.95. The van der Waals surface area contributed by atoms with Crippen LogP contribution in [0.1, 0.15) is 37.6 Å². The fraction of sp³-hybridized carbons (Fsp3) is 0.500. The van der Waals surface area contributed by atoms with Gasteiger partial charge in [0.1, 0.15) is 5.75 Å². The van der Waals surface area contributed by atoms with Gasteiger partial charge in [0, 0.05) is 5.56 Å². The topological polar surface area (TPSA) is 47.6 Å². The van der Waals surface area contributed by atoms with Crippen LogP contribution in [0.5, 0.6) is 5.75 Å². The molecule has 1 aromatic carbocycles. The number of amides is 1. The van der Waals surface area contributed by atoms with Crippen LogP contribution in [-0.2, 0) is 4.84 Å². The molecule has 0 radical (unpaired) electrons. The fourth-order valence-corrected chi connectivity index (χ4v) is 1.28. The molecule has 0 saturated heterocycles. The van der Waals surface area contributed by atoms with Crippen LogP contribution in [0.15, 0.2) is 24.3 Å². The van der Waals surface area contributed by atoms with Crippen molar-refractivity contribution in [3.63, 3.8) is 0 Å². The lowest BCUT2D eigenvalue weighted by Gasteiger charge is -2.09. The highest BCUT2D eigenvalue weighted by Gasteiger charge is 2.07. The Morgan fingerprint density at radius 1 is 1.39 bits per heavy atom. The second-order valence-electron chi connectivity index (χ2n) is 4.51. The van der Waals surface area contributed by atoms with E-state index >= 15 is 0 Å². The van der Waals surface area contributed by atoms with E-state index in [1.807, 2.05) is 26.8 Å². The lowest BCUT2D eigenvalue weighted by Crippen LogP contribution is -2.25. The molecular formula is C14H21NO3. The van der Waals surface area contributed by atoms with Crippen LogP contribution < -0.4 is 10.2 Å². The summed E-state index contributed by atoms with van der Waals surface area (Å²) in [7, 11) is 0. The molecule has 0 heterocycles. The molecule has 0 atom stereocenters. The lowest BCUT2D eigenvalue weighted by atomic mass is 10.2. The largest absolute Gasteiger partial charge is 0.494 e. The summed E-state index contributed by atoms with van der Waals surface area (Å²) in [5, 5.41) is 0. The SMILES string of the molecule is CCCOc1cccc(C(=O)NOCC(C)C)c1. The van der Waals surface area contributed by atoms with Gasteiger partial charge < -0.3 is 4.74 Å². The third-order valence-electron chi connectivity index (χ3n) is 2.15. The molecule has 0 aliphatic heterocycles. The van der Waals surface area contributed by atoms with Gasteiger partial charge in [0.2, 0.25) is 0 Å². The molecule has 1 rings (SSSR count). The Labute approximate surface area is 108 Å². The molecule has 4 nitrogen and oxygen atoms in total. The molecule has 4 heteroatoms. The predicted molar refractivity (Wildman–Crippen MR) is 70.5 cm³/mol. The Morgan fingerprint density at radius 3 is 2.83 bits per heavy atom. The van der Waals surface area contributed by atoms with Crippen molar-refractivity contribution < 1.29 is 14.4 Å². The van der Waals surface area contributed by atoms with Gasteiger partial charge in [0.25, 0.3) is 5.91 Å². The molecule has 1 amide bonds. The Hall–Kier alpha value is -1.55. The van der Waals surface area contributed by atoms with Crippen molar-refractivity contribution >= 4 is 5.91 Å². The first-order chi connectivity index (χ1) is 8.63. The summed E-state index contributed by atoms with van der Waals surface area (Å²) in [6.07, 6.45) is 0.938. The predicted octanol–water partition coefficient (Wildman–Crippen LogP) is 2.79. The number of hydrogen-bond donors (Lipinski definition) is 1. The second kappa shape index (κ2) is 7.71. The molecule has 0 aliphatic carbocycles. The molecule has 0 bridgehead atoms. The summed E-state index contributed by atoms with van der Waals surface area (Å²) in [6.45, 7) is 7.22. The summed E-state index contributed by atoms with van der Waals surface area (Å²) in [6, 6.07) is 7.07. The van der Waals surface area contributed by atoms with Crippen molar-refractivity contribution in [2.24, 2.45) is 5.92 Å². The van der Waals surface area contributed by atoms with E-state index in [1.54, 1.807) is 18.2 Å². The van der Waals surface area contributed by atoms with Gasteiger partial charge >= 0.3 is 0 Å². The number of carbonyl (C=O) groups excluding carboxylic acids is 1. The van der Waals surface area contributed by atoms with Gasteiger partial charge in [-0.15, -0.1) is 0 Å². The lowest BCUT2D eigenvalue weighted by molar-refractivity contribution is 0.0208. The quantitative estimate of drug-likeness (QED) is 0.758. The van der Waals surface area contributed by atoms with Crippen LogP contribution in [0, 0.1) is 5.92 Å². The zero-order chi connectivity index (χ0) is 13.4. The van der Waals surface area contributed by atoms with Gasteiger partial charge in [-0.2, -0.15) is 0 Å². The van der Waals surface area contributed by atoms with E-state index in [0.29, 0.717) is 30.4 Å². The average Bonchev–Trinajstić information content (AvgIpc) is 2.36. The van der Waals surface area contributed by atoms with E-state index in [-0.39, 0.29) is 5.91 Å². The Bertz CT molecular complexity index is 377. The van der Waals surface area contributed by atoms with Crippen LogP contribution in [-0.4, -0.2) is 19.1 Å². The summed E-state index contributed by atoms with van der Waals surface area (Å²) in [4.78, 5) is 16.9. The zero-order valence-corrected chi connectivity index (χ0v) is 11.2. The van der Waals surface area contributed by atoms with Crippen molar-refractivity contribution in [3.05, 3.63) is 29.8 Å². The summed E-state index contributed by atoms with van der Waals surface area (Å²) in [5.74, 6) is 0.829. The van der Waals surface area contributed by atoms with E-state index in [0.717, 1.165) is 6.42 Å². The fourth-order valence-electron chi connectivity index (χ4n) is 1.28. The number of nitrogens with one attached hydrogen (secondary N) is 1. The summed E-state index contributed by atoms with van der Waals surface area (Å²) >= 11 is 0. The molecule has 1 N–H and O–H groups in total. The van der Waals surface area contributed by atoms with Crippen LogP contribution in [0.25, 0.3) is 0 Å². The highest BCUT2D eigenvalue weighted by molar-refractivity contribution is 5.93. The normalized spacial score (nSPS) is 10.4. The highest BCUT2D eigenvalue weighted by atomic mass is 16.6. The minimum absolute atomic E-state index is 0.252. The van der Waals surface area contributed by atoms with E-state index in [1.165, 1.54) is 0 Å². The number of ether oxygens (including phenoxy) is 1. The maximum absolute atomic E-state index is 11.8. The minimum Gasteiger partial charge on any atom is -0.494 e. The molecule has 0 aromatic heterocycles. The van der Waals surface area contributed by atoms with Gasteiger partial charge in [-0.3, -0.25) is 9.63 Å². The number of hydrogen-bond acceptors (Lipinski definition) is 3. The first-order valence-corrected chi connectivity index (χ1v) is 6.28. The van der Waals surface area contributed by atoms with Crippen molar-refractivity contribution in [3.8, 4) is 5.75 Å². The van der Waals surface area contributed by atoms with Crippen LogP contribution in [0.2, 0.25) is 0 Å². The molecule has 0 unspecified atom stereocenters. The van der Waals surface area contributed by atoms with E-state index < -0.39 is 0 Å². The Morgan fingerprint density at radius 2 is 2.17 bits per heavy atom. The standard InChI is InChI=1S/C14H21NO3/c1-4-8-17-13-7-5-6-12(9-13)14(16)15-18-10-11(2)3/h5-7,9,11H,4,8,10H2,1-3H3,(H,15,16). The van der Waals surface area contributed by atoms with Gasteiger partial charge in [-0.25, -0.2) is 5.48 Å². The Balaban J connectivity index is 2.51. The third kappa shape index (κ3) is 5.19. The summed E-state index contributed by atoms with van der Waals surface area (Å²) < 4.78 is 5.47. The van der Waals surface area contributed by atoms with E-state index in [9.17, 15) is 4.79 Å². The van der Waals surface area contributed by atoms with Crippen molar-refractivity contribution in [2.75, 3.05) is 13.2 Å². The van der Waals surface area contributed by atoms with Gasteiger partial charge in [0.05, 0.1) is 13.2 Å². The van der Waals surface area contributed by atoms with Gasteiger partial charge in [-0.1, -0.05) is 26.8 Å². The number of benzene rings is 1. The Kier molecular flexibility index (Phi) is 6.22. The number of hydroxylamine groups is 1. The van der Waals surface area contributed by atoms with Gasteiger partial charge in [0.15, 0.2) is 0 Å². The monoisotopic (exact) mass is 251 g/mol. The maximum atomic E-state index is 11.8. The average molecular weight is 251 g/mol. The number of rotatable bonds is 7. The molecular weight excluding hydrogens is 230 g/mol. The first kappa shape index (κ1) is 14.5. The smallest absolute Gasteiger partial charge is 0.274 e.